The molecule has 1 fully saturated rings. The summed E-state index contributed by atoms with van der Waals surface area (Å²) >= 11 is 0. The van der Waals surface area contributed by atoms with Crippen molar-refractivity contribution in [1.82, 2.24) is 0 Å². The first-order chi connectivity index (χ1) is 14.5. The van der Waals surface area contributed by atoms with Gasteiger partial charge in [-0.25, -0.2) is 0 Å². The van der Waals surface area contributed by atoms with E-state index >= 15 is 0 Å². The summed E-state index contributed by atoms with van der Waals surface area (Å²) in [6.45, 7) is 15.2. The molecule has 2 bridgehead atoms. The van der Waals surface area contributed by atoms with Gasteiger partial charge in [-0.3, -0.25) is 4.79 Å². The van der Waals surface area contributed by atoms with Crippen molar-refractivity contribution in [2.45, 2.75) is 89.6 Å². The molecule has 0 saturated heterocycles. The second-order valence-electron chi connectivity index (χ2n) is 11.7. The van der Waals surface area contributed by atoms with Gasteiger partial charge in [0.2, 0.25) is 0 Å². The van der Waals surface area contributed by atoms with Gasteiger partial charge in [0.25, 0.3) is 8.32 Å². The summed E-state index contributed by atoms with van der Waals surface area (Å²) in [5, 5.41) is 0.106. The maximum atomic E-state index is 11.9. The largest absolute Gasteiger partial charge is 0.541 e. The molecule has 0 aromatic heterocycles. The van der Waals surface area contributed by atoms with Gasteiger partial charge in [0.05, 0.1) is 0 Å². The average molecular weight is 441 g/mol. The van der Waals surface area contributed by atoms with Crippen LogP contribution < -0.4 is 9.16 Å². The van der Waals surface area contributed by atoms with Crippen LogP contribution >= 0.6 is 0 Å². The number of benzene rings is 1. The second-order valence-corrected chi connectivity index (χ2v) is 16.5. The Morgan fingerprint density at radius 1 is 1.23 bits per heavy atom. The van der Waals surface area contributed by atoms with Crippen LogP contribution in [0.5, 0.6) is 11.5 Å². The van der Waals surface area contributed by atoms with E-state index in [4.69, 9.17) is 13.9 Å². The van der Waals surface area contributed by atoms with Crippen LogP contribution in [0.25, 0.3) is 0 Å². The molecule has 3 aliphatic carbocycles. The fraction of sp³-hybridized carbons (Fsp3) is 0.654. The van der Waals surface area contributed by atoms with Crippen molar-refractivity contribution in [3.63, 3.8) is 0 Å². The fourth-order valence-electron chi connectivity index (χ4n) is 6.37. The number of hydrogen-bond acceptors (Lipinski definition) is 4. The van der Waals surface area contributed by atoms with Gasteiger partial charge in [0, 0.05) is 17.9 Å². The molecule has 5 heteroatoms. The standard InChI is InChI=1S/C26H36O4Si/c1-15-12-13-26-19-9-11-21(28-16(2)27)24(26)29-23-20(30-31(6,7)25(3,4)5)10-8-17(22(23)26)14-18(15)19/h8-11,15,18-19,21,24H,12-14H2,1-7H3/t15?,18-,19?,21?,24?,26-/m0/s1. The maximum absolute atomic E-state index is 11.9. The van der Waals surface area contributed by atoms with Crippen molar-refractivity contribution in [2.75, 3.05) is 0 Å². The van der Waals surface area contributed by atoms with E-state index < -0.39 is 8.32 Å². The number of rotatable bonds is 3. The number of ether oxygens (including phenoxy) is 2. The minimum atomic E-state index is -2.02. The third-order valence-corrected chi connectivity index (χ3v) is 13.3. The average Bonchev–Trinajstić information content (AvgIpc) is 3.01. The van der Waals surface area contributed by atoms with Crippen molar-refractivity contribution in [3.05, 3.63) is 35.4 Å². The Labute approximate surface area is 187 Å². The Morgan fingerprint density at radius 3 is 2.65 bits per heavy atom. The van der Waals surface area contributed by atoms with Crippen LogP contribution in [-0.4, -0.2) is 26.5 Å². The maximum Gasteiger partial charge on any atom is 0.303 e. The Kier molecular flexibility index (Phi) is 4.51. The van der Waals surface area contributed by atoms with E-state index in [1.165, 1.54) is 24.5 Å². The minimum Gasteiger partial charge on any atom is -0.541 e. The molecule has 4 unspecified atom stereocenters. The molecule has 0 radical (unpaired) electrons. The molecule has 5 rings (SSSR count). The quantitative estimate of drug-likeness (QED) is 0.339. The summed E-state index contributed by atoms with van der Waals surface area (Å²) in [7, 11) is -2.02. The molecule has 1 aromatic rings. The molecule has 4 nitrogen and oxygen atoms in total. The first-order valence-electron chi connectivity index (χ1n) is 11.8. The number of hydrogen-bond donors (Lipinski definition) is 0. The van der Waals surface area contributed by atoms with Gasteiger partial charge in [-0.2, -0.15) is 0 Å². The zero-order chi connectivity index (χ0) is 22.3. The Balaban J connectivity index is 1.66. The van der Waals surface area contributed by atoms with Crippen LogP contribution in [0.2, 0.25) is 18.1 Å². The van der Waals surface area contributed by atoms with Crippen molar-refractivity contribution in [3.8, 4) is 11.5 Å². The normalized spacial score (nSPS) is 35.3. The lowest BCUT2D eigenvalue weighted by atomic mass is 9.48. The number of allylic oxidation sites excluding steroid dienone is 1. The number of carbonyl (C=O) groups excluding carboxylic acids is 1. The van der Waals surface area contributed by atoms with Gasteiger partial charge in [-0.1, -0.05) is 39.8 Å². The van der Waals surface area contributed by atoms with E-state index in [-0.39, 0.29) is 28.6 Å². The molecule has 0 amide bonds. The number of esters is 1. The predicted octanol–water partition coefficient (Wildman–Crippen LogP) is 5.79. The SMILES string of the molecule is CC(=O)OC1C=CC2[C@H]3Cc4ccc(O[Si](C)(C)C(C)(C)C)c5c4[C@@]2(CCC3C)C1O5. The van der Waals surface area contributed by atoms with Crippen molar-refractivity contribution in [2.24, 2.45) is 17.8 Å². The highest BCUT2D eigenvalue weighted by molar-refractivity contribution is 6.74. The Hall–Kier alpha value is -1.75. The van der Waals surface area contributed by atoms with E-state index in [9.17, 15) is 4.79 Å². The van der Waals surface area contributed by atoms with Gasteiger partial charge in [0.15, 0.2) is 11.9 Å². The third kappa shape index (κ3) is 2.88. The molecule has 31 heavy (non-hydrogen) atoms. The lowest BCUT2D eigenvalue weighted by Gasteiger charge is -2.55. The molecule has 1 saturated carbocycles. The smallest absolute Gasteiger partial charge is 0.303 e. The van der Waals surface area contributed by atoms with Gasteiger partial charge >= 0.3 is 5.97 Å². The summed E-state index contributed by atoms with van der Waals surface area (Å²) in [6, 6.07) is 4.42. The minimum absolute atomic E-state index is 0.106. The molecule has 168 valence electrons. The molecular formula is C26H36O4Si. The summed E-state index contributed by atoms with van der Waals surface area (Å²) in [5.41, 5.74) is 2.65. The van der Waals surface area contributed by atoms with E-state index in [1.54, 1.807) is 0 Å². The first kappa shape index (κ1) is 21.1. The van der Waals surface area contributed by atoms with E-state index in [1.807, 2.05) is 0 Å². The van der Waals surface area contributed by atoms with Crippen LogP contribution in [0.15, 0.2) is 24.3 Å². The van der Waals surface area contributed by atoms with Gasteiger partial charge < -0.3 is 13.9 Å². The Morgan fingerprint density at radius 2 is 1.97 bits per heavy atom. The monoisotopic (exact) mass is 440 g/mol. The Bertz CT molecular complexity index is 959. The molecule has 1 heterocycles. The van der Waals surface area contributed by atoms with E-state index in [0.717, 1.165) is 24.3 Å². The van der Waals surface area contributed by atoms with Gasteiger partial charge in [-0.15, -0.1) is 0 Å². The van der Waals surface area contributed by atoms with Gasteiger partial charge in [-0.05, 0) is 72.9 Å². The van der Waals surface area contributed by atoms with Crippen molar-refractivity contribution < 1.29 is 18.7 Å². The van der Waals surface area contributed by atoms with Crippen LogP contribution in [0.4, 0.5) is 0 Å². The fourth-order valence-corrected chi connectivity index (χ4v) is 7.39. The molecule has 1 aromatic carbocycles. The highest BCUT2D eigenvalue weighted by Gasteiger charge is 2.65. The molecule has 1 spiro atoms. The lowest BCUT2D eigenvalue weighted by molar-refractivity contribution is -0.152. The third-order valence-electron chi connectivity index (χ3n) is 8.96. The van der Waals surface area contributed by atoms with Crippen LogP contribution in [0.3, 0.4) is 0 Å². The van der Waals surface area contributed by atoms with Crippen molar-refractivity contribution >= 4 is 14.3 Å². The highest BCUT2D eigenvalue weighted by atomic mass is 28.4. The van der Waals surface area contributed by atoms with Crippen molar-refractivity contribution in [1.29, 1.82) is 0 Å². The zero-order valence-electron chi connectivity index (χ0n) is 20.0. The number of carbonyl (C=O) groups is 1. The van der Waals surface area contributed by atoms with Gasteiger partial charge in [0.1, 0.15) is 11.9 Å². The summed E-state index contributed by atoms with van der Waals surface area (Å²) in [5.74, 6) is 3.28. The van der Waals surface area contributed by atoms with E-state index in [2.05, 4.69) is 65.1 Å². The molecular weight excluding hydrogens is 404 g/mol. The summed E-state index contributed by atoms with van der Waals surface area (Å²) in [6.07, 6.45) is 7.27. The second kappa shape index (κ2) is 6.63. The molecule has 1 aliphatic heterocycles. The summed E-state index contributed by atoms with van der Waals surface area (Å²) < 4.78 is 19.3. The van der Waals surface area contributed by atoms with Crippen LogP contribution in [0.1, 0.15) is 58.6 Å². The highest BCUT2D eigenvalue weighted by Crippen LogP contribution is 2.66. The predicted molar refractivity (Wildman–Crippen MR) is 124 cm³/mol. The molecule has 0 N–H and O–H groups in total. The van der Waals surface area contributed by atoms with Crippen LogP contribution in [0, 0.1) is 17.8 Å². The zero-order valence-corrected chi connectivity index (χ0v) is 21.0. The summed E-state index contributed by atoms with van der Waals surface area (Å²) in [4.78, 5) is 11.9. The first-order valence-corrected chi connectivity index (χ1v) is 14.7. The topological polar surface area (TPSA) is 44.8 Å². The van der Waals surface area contributed by atoms with E-state index in [0.29, 0.717) is 17.8 Å². The van der Waals surface area contributed by atoms with Crippen LogP contribution in [-0.2, 0) is 21.4 Å². The lowest BCUT2D eigenvalue weighted by Crippen LogP contribution is -2.60. The molecule has 4 aliphatic rings. The molecule has 6 atom stereocenters.